The summed E-state index contributed by atoms with van der Waals surface area (Å²) in [6.07, 6.45) is 0.613. The molecule has 3 aromatic carbocycles. The van der Waals surface area contributed by atoms with Crippen LogP contribution in [0.2, 0.25) is 5.02 Å². The summed E-state index contributed by atoms with van der Waals surface area (Å²) in [5.41, 5.74) is 3.98. The number of nitrogens with zero attached hydrogens (tertiary/aromatic N) is 3. The molecule has 0 saturated heterocycles. The van der Waals surface area contributed by atoms with Crippen LogP contribution in [-0.2, 0) is 4.79 Å². The molecule has 4 aromatic rings. The Morgan fingerprint density at radius 3 is 2.19 bits per heavy atom. The number of carbonyl (C=O) groups is 1. The van der Waals surface area contributed by atoms with Gasteiger partial charge in [-0.2, -0.15) is 0 Å². The van der Waals surface area contributed by atoms with E-state index in [0.717, 1.165) is 16.8 Å². The molecule has 32 heavy (non-hydrogen) atoms. The number of rotatable bonds is 7. The van der Waals surface area contributed by atoms with Gasteiger partial charge >= 0.3 is 0 Å². The van der Waals surface area contributed by atoms with Gasteiger partial charge in [-0.15, -0.1) is 10.2 Å². The van der Waals surface area contributed by atoms with Crippen molar-refractivity contribution >= 4 is 35.0 Å². The number of hydrogen-bond donors (Lipinski definition) is 1. The van der Waals surface area contributed by atoms with Crippen LogP contribution in [0.5, 0.6) is 0 Å². The predicted octanol–water partition coefficient (Wildman–Crippen LogP) is 6.37. The van der Waals surface area contributed by atoms with Gasteiger partial charge in [0.25, 0.3) is 0 Å². The van der Waals surface area contributed by atoms with Crippen molar-refractivity contribution in [1.29, 1.82) is 0 Å². The molecule has 1 amide bonds. The molecule has 0 unspecified atom stereocenters. The van der Waals surface area contributed by atoms with Crippen molar-refractivity contribution < 1.29 is 4.79 Å². The summed E-state index contributed by atoms with van der Waals surface area (Å²) in [5.74, 6) is -0.128. The van der Waals surface area contributed by atoms with Crippen LogP contribution in [0.4, 0.5) is 5.69 Å². The first-order chi connectivity index (χ1) is 15.6. The Bertz CT molecular complexity index is 1200. The molecule has 0 aliphatic rings. The van der Waals surface area contributed by atoms with E-state index < -0.39 is 0 Å². The third-order valence-electron chi connectivity index (χ3n) is 4.76. The van der Waals surface area contributed by atoms with E-state index >= 15 is 0 Å². The molecule has 0 radical (unpaired) electrons. The quantitative estimate of drug-likeness (QED) is 0.324. The Morgan fingerprint density at radius 2 is 1.56 bits per heavy atom. The lowest BCUT2D eigenvalue weighted by atomic mass is 10.0. The maximum Gasteiger partial charge on any atom is 0.237 e. The van der Waals surface area contributed by atoms with Crippen molar-refractivity contribution in [3.8, 4) is 22.5 Å². The summed E-state index contributed by atoms with van der Waals surface area (Å²) in [6, 6.07) is 26.8. The zero-order valence-corrected chi connectivity index (χ0v) is 19.0. The Labute approximate surface area is 196 Å². The molecule has 0 bridgehead atoms. The molecule has 4 rings (SSSR count). The first-order valence-corrected chi connectivity index (χ1v) is 11.5. The van der Waals surface area contributed by atoms with Crippen molar-refractivity contribution in [2.75, 3.05) is 5.32 Å². The molecule has 160 valence electrons. The number of nitrogens with one attached hydrogen (secondary N) is 1. The number of carbonyl (C=O) groups excluding carboxylic acids is 1. The summed E-state index contributed by atoms with van der Waals surface area (Å²) in [7, 11) is 0. The zero-order valence-electron chi connectivity index (χ0n) is 17.4. The molecule has 7 heteroatoms. The van der Waals surface area contributed by atoms with Crippen LogP contribution in [0, 0.1) is 0 Å². The lowest BCUT2D eigenvalue weighted by molar-refractivity contribution is -0.115. The number of hydrogen-bond acceptors (Lipinski definition) is 5. The number of amides is 1. The molecule has 0 saturated carbocycles. The molecule has 0 fully saturated rings. The van der Waals surface area contributed by atoms with E-state index in [1.165, 1.54) is 11.8 Å². The minimum absolute atomic E-state index is 0.128. The molecular formula is C25H21ClN4OS. The van der Waals surface area contributed by atoms with Crippen LogP contribution < -0.4 is 5.32 Å². The largest absolute Gasteiger partial charge is 0.325 e. The lowest BCUT2D eigenvalue weighted by Crippen LogP contribution is -2.25. The highest BCUT2D eigenvalue weighted by atomic mass is 35.5. The van der Waals surface area contributed by atoms with Crippen molar-refractivity contribution in [2.24, 2.45) is 0 Å². The lowest BCUT2D eigenvalue weighted by Gasteiger charge is -2.15. The number of anilines is 1. The van der Waals surface area contributed by atoms with E-state index in [1.54, 1.807) is 24.3 Å². The standard InChI is InChI=1S/C25H21ClN4OS/c1-2-21(24(31)27-20-15-9-14-19(26)16-20)32-25-28-22(17-10-5-3-6-11-17)23(29-30-25)18-12-7-4-8-13-18/h3-16,21H,2H2,1H3,(H,27,31)/t21-/m1/s1. The molecule has 0 spiro atoms. The van der Waals surface area contributed by atoms with Crippen LogP contribution in [0.25, 0.3) is 22.5 Å². The fourth-order valence-corrected chi connectivity index (χ4v) is 4.20. The number of halogens is 1. The maximum absolute atomic E-state index is 12.9. The van der Waals surface area contributed by atoms with Crippen LogP contribution in [0.15, 0.2) is 90.1 Å². The van der Waals surface area contributed by atoms with Crippen molar-refractivity contribution in [3.05, 3.63) is 90.0 Å². The first kappa shape index (κ1) is 22.0. The number of benzene rings is 3. The van der Waals surface area contributed by atoms with E-state index in [0.29, 0.717) is 28.0 Å². The summed E-state index contributed by atoms with van der Waals surface area (Å²) in [4.78, 5) is 17.7. The monoisotopic (exact) mass is 460 g/mol. The van der Waals surface area contributed by atoms with Crippen LogP contribution in [0.3, 0.4) is 0 Å². The van der Waals surface area contributed by atoms with Crippen LogP contribution in [-0.4, -0.2) is 26.3 Å². The van der Waals surface area contributed by atoms with Crippen LogP contribution >= 0.6 is 23.4 Å². The fraction of sp³-hybridized carbons (Fsp3) is 0.120. The zero-order chi connectivity index (χ0) is 22.3. The second-order valence-electron chi connectivity index (χ2n) is 7.04. The summed E-state index contributed by atoms with van der Waals surface area (Å²) in [6.45, 7) is 1.96. The Balaban J connectivity index is 1.62. The normalized spacial score (nSPS) is 11.7. The highest BCUT2D eigenvalue weighted by Gasteiger charge is 2.22. The minimum Gasteiger partial charge on any atom is -0.325 e. The molecule has 1 atom stereocenters. The highest BCUT2D eigenvalue weighted by molar-refractivity contribution is 8.00. The average molecular weight is 461 g/mol. The molecular weight excluding hydrogens is 440 g/mol. The summed E-state index contributed by atoms with van der Waals surface area (Å²) in [5, 5.41) is 12.4. The molecule has 5 nitrogen and oxygen atoms in total. The van der Waals surface area contributed by atoms with Gasteiger partial charge < -0.3 is 5.32 Å². The minimum atomic E-state index is -0.373. The SMILES string of the molecule is CC[C@@H](Sc1nnc(-c2ccccc2)c(-c2ccccc2)n1)C(=O)Nc1cccc(Cl)c1. The van der Waals surface area contributed by atoms with Crippen molar-refractivity contribution in [1.82, 2.24) is 15.2 Å². The molecule has 0 aliphatic carbocycles. The van der Waals surface area contributed by atoms with Gasteiger partial charge in [0, 0.05) is 21.8 Å². The topological polar surface area (TPSA) is 67.8 Å². The fourth-order valence-electron chi connectivity index (χ4n) is 3.19. The highest BCUT2D eigenvalue weighted by Crippen LogP contribution is 2.31. The smallest absolute Gasteiger partial charge is 0.237 e. The number of aromatic nitrogens is 3. The van der Waals surface area contributed by atoms with Gasteiger partial charge in [-0.1, -0.05) is 97.0 Å². The average Bonchev–Trinajstić information content (AvgIpc) is 2.83. The first-order valence-electron chi connectivity index (χ1n) is 10.2. The third-order valence-corrected chi connectivity index (χ3v) is 6.22. The van der Waals surface area contributed by atoms with Gasteiger partial charge in [0.15, 0.2) is 0 Å². The van der Waals surface area contributed by atoms with Gasteiger partial charge in [-0.25, -0.2) is 4.98 Å². The Hall–Kier alpha value is -3.22. The van der Waals surface area contributed by atoms with Crippen molar-refractivity contribution in [3.63, 3.8) is 0 Å². The van der Waals surface area contributed by atoms with Gasteiger partial charge in [-0.3, -0.25) is 4.79 Å². The van der Waals surface area contributed by atoms with Gasteiger partial charge in [0.1, 0.15) is 11.4 Å². The molecule has 0 aliphatic heterocycles. The predicted molar refractivity (Wildman–Crippen MR) is 131 cm³/mol. The van der Waals surface area contributed by atoms with E-state index in [1.807, 2.05) is 67.6 Å². The van der Waals surface area contributed by atoms with Gasteiger partial charge in [-0.05, 0) is 24.6 Å². The third kappa shape index (κ3) is 5.33. The van der Waals surface area contributed by atoms with Gasteiger partial charge in [0.05, 0.1) is 5.25 Å². The van der Waals surface area contributed by atoms with E-state index in [9.17, 15) is 4.79 Å². The molecule has 1 N–H and O–H groups in total. The van der Waals surface area contributed by atoms with E-state index in [4.69, 9.17) is 16.6 Å². The van der Waals surface area contributed by atoms with E-state index in [2.05, 4.69) is 15.5 Å². The Morgan fingerprint density at radius 1 is 0.906 bits per heavy atom. The van der Waals surface area contributed by atoms with Gasteiger partial charge in [0.2, 0.25) is 11.1 Å². The second-order valence-corrected chi connectivity index (χ2v) is 8.64. The summed E-state index contributed by atoms with van der Waals surface area (Å²) < 4.78 is 0. The second kappa shape index (κ2) is 10.4. The van der Waals surface area contributed by atoms with E-state index in [-0.39, 0.29) is 11.2 Å². The van der Waals surface area contributed by atoms with Crippen molar-refractivity contribution in [2.45, 2.75) is 23.8 Å². The van der Waals surface area contributed by atoms with Crippen LogP contribution in [0.1, 0.15) is 13.3 Å². The Kier molecular flexibility index (Phi) is 7.14. The molecule has 1 heterocycles. The summed E-state index contributed by atoms with van der Waals surface area (Å²) >= 11 is 7.33. The maximum atomic E-state index is 12.9. The molecule has 1 aromatic heterocycles. The number of thioether (sulfide) groups is 1.